The number of sulfonamides is 1. The SMILES string of the molecule is COCCCCCNS(=O)(=O)c1cc(Br)cc(CN)c1F. The first kappa shape index (κ1) is 18.5. The first-order valence-electron chi connectivity index (χ1n) is 6.59. The molecule has 1 aromatic carbocycles. The smallest absolute Gasteiger partial charge is 0.243 e. The average molecular weight is 383 g/mol. The maximum atomic E-state index is 14.1. The molecule has 5 nitrogen and oxygen atoms in total. The lowest BCUT2D eigenvalue weighted by Gasteiger charge is -2.10. The molecule has 0 saturated heterocycles. The number of unbranched alkanes of at least 4 members (excludes halogenated alkanes) is 2. The van der Waals surface area contributed by atoms with Gasteiger partial charge in [-0.05, 0) is 31.4 Å². The molecule has 3 N–H and O–H groups in total. The molecule has 0 atom stereocenters. The Hall–Kier alpha value is -0.540. The van der Waals surface area contributed by atoms with Crippen molar-refractivity contribution in [3.63, 3.8) is 0 Å². The number of methoxy groups -OCH3 is 1. The third-order valence-electron chi connectivity index (χ3n) is 2.91. The maximum absolute atomic E-state index is 14.1. The zero-order chi connectivity index (χ0) is 15.9. The molecule has 1 rings (SSSR count). The Balaban J connectivity index is 2.72. The van der Waals surface area contributed by atoms with Crippen LogP contribution in [-0.4, -0.2) is 28.7 Å². The molecule has 0 amide bonds. The highest BCUT2D eigenvalue weighted by Gasteiger charge is 2.21. The Morgan fingerprint density at radius 1 is 1.33 bits per heavy atom. The van der Waals surface area contributed by atoms with Gasteiger partial charge in [-0.25, -0.2) is 17.5 Å². The fourth-order valence-corrected chi connectivity index (χ4v) is 3.67. The molecule has 0 bridgehead atoms. The minimum Gasteiger partial charge on any atom is -0.385 e. The first-order chi connectivity index (χ1) is 9.92. The second kappa shape index (κ2) is 8.79. The summed E-state index contributed by atoms with van der Waals surface area (Å²) in [5.41, 5.74) is 5.57. The average Bonchev–Trinajstić information content (AvgIpc) is 2.44. The molecule has 0 aliphatic heterocycles. The summed E-state index contributed by atoms with van der Waals surface area (Å²) in [5, 5.41) is 0. The minimum atomic E-state index is -3.88. The van der Waals surface area contributed by atoms with Gasteiger partial charge in [-0.15, -0.1) is 0 Å². The lowest BCUT2D eigenvalue weighted by Crippen LogP contribution is -2.26. The molecule has 0 saturated carbocycles. The highest BCUT2D eigenvalue weighted by atomic mass is 79.9. The van der Waals surface area contributed by atoms with Crippen LogP contribution in [0.2, 0.25) is 0 Å². The highest BCUT2D eigenvalue weighted by molar-refractivity contribution is 9.10. The van der Waals surface area contributed by atoms with Gasteiger partial charge in [-0.3, -0.25) is 0 Å². The lowest BCUT2D eigenvalue weighted by molar-refractivity contribution is 0.192. The Morgan fingerprint density at radius 3 is 2.67 bits per heavy atom. The number of ether oxygens (including phenoxy) is 1. The van der Waals surface area contributed by atoms with Crippen LogP contribution in [-0.2, 0) is 21.3 Å². The molecule has 0 radical (unpaired) electrons. The summed E-state index contributed by atoms with van der Waals surface area (Å²) < 4.78 is 46.1. The molecule has 0 aliphatic carbocycles. The molecule has 0 fully saturated rings. The summed E-state index contributed by atoms with van der Waals surface area (Å²) in [4.78, 5) is -0.380. The molecule has 1 aromatic rings. The maximum Gasteiger partial charge on any atom is 0.243 e. The molecule has 120 valence electrons. The van der Waals surface area contributed by atoms with Crippen LogP contribution < -0.4 is 10.5 Å². The molecule has 0 unspecified atom stereocenters. The van der Waals surface area contributed by atoms with Crippen LogP contribution in [0, 0.1) is 5.82 Å². The zero-order valence-electron chi connectivity index (χ0n) is 11.9. The zero-order valence-corrected chi connectivity index (χ0v) is 14.3. The minimum absolute atomic E-state index is 0.0647. The summed E-state index contributed by atoms with van der Waals surface area (Å²) in [7, 11) is -2.26. The monoisotopic (exact) mass is 382 g/mol. The molecule has 0 aromatic heterocycles. The van der Waals surface area contributed by atoms with E-state index in [1.54, 1.807) is 7.11 Å². The topological polar surface area (TPSA) is 81.4 Å². The fraction of sp³-hybridized carbons (Fsp3) is 0.538. The summed E-state index contributed by atoms with van der Waals surface area (Å²) in [5.74, 6) is -0.799. The molecule has 0 aliphatic rings. The summed E-state index contributed by atoms with van der Waals surface area (Å²) in [6.45, 7) is 0.841. The van der Waals surface area contributed by atoms with Crippen molar-refractivity contribution in [2.24, 2.45) is 5.73 Å². The van der Waals surface area contributed by atoms with E-state index in [2.05, 4.69) is 20.7 Å². The van der Waals surface area contributed by atoms with Crippen molar-refractivity contribution < 1.29 is 17.5 Å². The molecular formula is C13H20BrFN2O3S. The van der Waals surface area contributed by atoms with Crippen LogP contribution in [0.4, 0.5) is 4.39 Å². The van der Waals surface area contributed by atoms with Crippen LogP contribution in [0.1, 0.15) is 24.8 Å². The van der Waals surface area contributed by atoms with Crippen molar-refractivity contribution in [2.45, 2.75) is 30.7 Å². The molecule has 0 heterocycles. The van der Waals surface area contributed by atoms with Gasteiger partial charge in [0.15, 0.2) is 0 Å². The quantitative estimate of drug-likeness (QED) is 0.641. The third kappa shape index (κ3) is 5.63. The fourth-order valence-electron chi connectivity index (χ4n) is 1.79. The largest absolute Gasteiger partial charge is 0.385 e. The third-order valence-corrected chi connectivity index (χ3v) is 4.82. The van der Waals surface area contributed by atoms with E-state index in [4.69, 9.17) is 10.5 Å². The van der Waals surface area contributed by atoms with E-state index < -0.39 is 15.8 Å². The first-order valence-corrected chi connectivity index (χ1v) is 8.86. The summed E-state index contributed by atoms with van der Waals surface area (Å²) in [6.07, 6.45) is 2.37. The number of hydrogen-bond acceptors (Lipinski definition) is 4. The Kier molecular flexibility index (Phi) is 7.75. The highest BCUT2D eigenvalue weighted by Crippen LogP contribution is 2.23. The normalized spacial score (nSPS) is 11.8. The van der Waals surface area contributed by atoms with Gasteiger partial charge in [0.2, 0.25) is 10.0 Å². The van der Waals surface area contributed by atoms with Gasteiger partial charge in [0.25, 0.3) is 0 Å². The number of hydrogen-bond donors (Lipinski definition) is 2. The molecule has 8 heteroatoms. The van der Waals surface area contributed by atoms with Crippen molar-refractivity contribution in [1.82, 2.24) is 4.72 Å². The van der Waals surface area contributed by atoms with Crippen molar-refractivity contribution in [3.05, 3.63) is 28.0 Å². The number of benzene rings is 1. The van der Waals surface area contributed by atoms with E-state index in [0.29, 0.717) is 17.5 Å². The van der Waals surface area contributed by atoms with Crippen LogP contribution in [0.15, 0.2) is 21.5 Å². The predicted octanol–water partition coefficient (Wildman–Crippen LogP) is 2.14. The van der Waals surface area contributed by atoms with Crippen molar-refractivity contribution in [2.75, 3.05) is 20.3 Å². The number of nitrogens with one attached hydrogen (secondary N) is 1. The van der Waals surface area contributed by atoms with Gasteiger partial charge in [0.1, 0.15) is 10.7 Å². The Labute approximate surface area is 133 Å². The summed E-state index contributed by atoms with van der Waals surface area (Å²) in [6, 6.07) is 2.71. The van der Waals surface area contributed by atoms with Crippen molar-refractivity contribution >= 4 is 26.0 Å². The standard InChI is InChI=1S/C13H20BrFN2O3S/c1-20-6-4-2-3-5-17-21(18,19)12-8-11(14)7-10(9-16)13(12)15/h7-8,17H,2-6,9,16H2,1H3. The second-order valence-electron chi connectivity index (χ2n) is 4.53. The molecular weight excluding hydrogens is 363 g/mol. The van der Waals surface area contributed by atoms with Crippen molar-refractivity contribution in [3.8, 4) is 0 Å². The van der Waals surface area contributed by atoms with E-state index in [9.17, 15) is 12.8 Å². The number of nitrogens with two attached hydrogens (primary N) is 1. The van der Waals surface area contributed by atoms with E-state index in [-0.39, 0.29) is 23.5 Å². The lowest BCUT2D eigenvalue weighted by atomic mass is 10.2. The van der Waals surface area contributed by atoms with E-state index in [1.807, 2.05) is 0 Å². The van der Waals surface area contributed by atoms with Gasteiger partial charge in [-0.2, -0.15) is 0 Å². The van der Waals surface area contributed by atoms with Gasteiger partial charge in [0.05, 0.1) is 0 Å². The van der Waals surface area contributed by atoms with Gasteiger partial charge in [-0.1, -0.05) is 15.9 Å². The second-order valence-corrected chi connectivity index (χ2v) is 7.18. The van der Waals surface area contributed by atoms with E-state index in [1.165, 1.54) is 12.1 Å². The predicted molar refractivity (Wildman–Crippen MR) is 82.9 cm³/mol. The number of rotatable bonds is 9. The van der Waals surface area contributed by atoms with Gasteiger partial charge >= 0.3 is 0 Å². The molecule has 0 spiro atoms. The van der Waals surface area contributed by atoms with Crippen LogP contribution in [0.5, 0.6) is 0 Å². The van der Waals surface area contributed by atoms with Crippen molar-refractivity contribution in [1.29, 1.82) is 0 Å². The van der Waals surface area contributed by atoms with E-state index in [0.717, 1.165) is 12.8 Å². The number of halogens is 2. The van der Waals surface area contributed by atoms with Crippen LogP contribution in [0.3, 0.4) is 0 Å². The Morgan fingerprint density at radius 2 is 2.05 bits per heavy atom. The van der Waals surface area contributed by atoms with Crippen LogP contribution >= 0.6 is 15.9 Å². The van der Waals surface area contributed by atoms with Gasteiger partial charge in [0, 0.05) is 36.8 Å². The Bertz CT molecular complexity index is 567. The van der Waals surface area contributed by atoms with E-state index >= 15 is 0 Å². The van der Waals surface area contributed by atoms with Crippen LogP contribution in [0.25, 0.3) is 0 Å². The molecule has 21 heavy (non-hydrogen) atoms. The summed E-state index contributed by atoms with van der Waals surface area (Å²) >= 11 is 3.16. The van der Waals surface area contributed by atoms with Gasteiger partial charge < -0.3 is 10.5 Å².